The topological polar surface area (TPSA) is 189 Å². The summed E-state index contributed by atoms with van der Waals surface area (Å²) in [5, 5.41) is 3.59. The van der Waals surface area contributed by atoms with Crippen molar-refractivity contribution in [1.82, 2.24) is 0 Å². The molecule has 0 radical (unpaired) electrons. The first-order valence-electron chi connectivity index (χ1n) is 29.7. The number of ether oxygens (including phenoxy) is 12. The smallest absolute Gasteiger partial charge is 0.186 e. The number of allylic oxidation sites excluding steroid dienone is 7. The normalized spacial score (nSPS) is 17.2. The first-order valence-corrected chi connectivity index (χ1v) is 33.2. The summed E-state index contributed by atoms with van der Waals surface area (Å²) in [4.78, 5) is 2.83. The SMILES string of the molecule is C=C(/C=C/C=C/C=C1/N(CCOCCOCCOCCOCCC)c2ccc3cc(S(=O)O)ccc3c2C1(C)CCOCCOCCOCCOC)C(C)(CCOCCOCCOCCOC)c1c(C(C)CC)ccc2cc(S(=O)(O)=S)ccc12. The number of methoxy groups -OCH3 is 2. The summed E-state index contributed by atoms with van der Waals surface area (Å²) in [7, 11) is -0.344. The summed E-state index contributed by atoms with van der Waals surface area (Å²) in [5.41, 5.74) is 4.98. The van der Waals surface area contributed by atoms with E-state index in [0.717, 1.165) is 69.1 Å². The zero-order chi connectivity index (χ0) is 61.3. The zero-order valence-corrected chi connectivity index (χ0v) is 53.8. The molecule has 5 rings (SSSR count). The summed E-state index contributed by atoms with van der Waals surface area (Å²) in [5.74, 6) is 0.189. The van der Waals surface area contributed by atoms with E-state index in [1.54, 1.807) is 38.5 Å². The molecule has 5 atom stereocenters. The maximum atomic E-state index is 12.7. The second-order valence-corrected chi connectivity index (χ2v) is 24.8. The Balaban J connectivity index is 1.46. The Hall–Kier alpha value is -3.88. The van der Waals surface area contributed by atoms with Gasteiger partial charge in [-0.2, -0.15) is 0 Å². The van der Waals surface area contributed by atoms with Gasteiger partial charge in [0.25, 0.3) is 0 Å². The van der Waals surface area contributed by atoms with Gasteiger partial charge in [-0.05, 0) is 119 Å². The molecule has 5 unspecified atom stereocenters. The lowest BCUT2D eigenvalue weighted by Crippen LogP contribution is -2.32. The molecular formula is C65H95NO16S3. The van der Waals surface area contributed by atoms with Crippen LogP contribution >= 0.6 is 0 Å². The van der Waals surface area contributed by atoms with Crippen LogP contribution in [-0.4, -0.2) is 184 Å². The predicted octanol–water partition coefficient (Wildman–Crippen LogP) is 10.9. The molecule has 4 aromatic carbocycles. The van der Waals surface area contributed by atoms with Gasteiger partial charge in [0.05, 0.1) is 135 Å². The van der Waals surface area contributed by atoms with Crippen molar-refractivity contribution < 1.29 is 74.4 Å². The van der Waals surface area contributed by atoms with E-state index in [1.807, 2.05) is 36.4 Å². The van der Waals surface area contributed by atoms with Crippen molar-refractivity contribution in [2.45, 2.75) is 86.8 Å². The molecule has 0 saturated heterocycles. The van der Waals surface area contributed by atoms with Crippen LogP contribution < -0.4 is 4.90 Å². The van der Waals surface area contributed by atoms with Gasteiger partial charge in [0.2, 0.25) is 0 Å². The standard InChI is InChI=1S/C65H95NO16S3/c1-9-27-73-35-39-79-47-48-82-42-38-76-30-26-66-60-23-17-53-49-55(84(67)68)18-21-59(53)63(60)65(6,25-29-75-37-41-81-46-44-78-34-32-72-8)61(66)15-13-11-12-14-52(4)64(5,24-28-74-36-40-80-45-43-77-33-31-71-7)62-57(51(3)10-2)20-16-54-50-56(85(69,70)83)19-22-58(54)62/h11-23,49-51H,4,9-10,24-48H2,1-3,5-8H3,(H,67,68)(H,69,70,83)/b13-11+,14-12+,61-15+. The van der Waals surface area contributed by atoms with E-state index < -0.39 is 30.7 Å². The lowest BCUT2D eigenvalue weighted by molar-refractivity contribution is -0.000976. The summed E-state index contributed by atoms with van der Waals surface area (Å²) in [6.45, 7) is 26.6. The number of hydrogen-bond acceptors (Lipinski definition) is 16. The zero-order valence-electron chi connectivity index (χ0n) is 51.3. The first-order chi connectivity index (χ1) is 41.2. The van der Waals surface area contributed by atoms with Crippen LogP contribution in [0.3, 0.4) is 0 Å². The Morgan fingerprint density at radius 1 is 0.671 bits per heavy atom. The lowest BCUT2D eigenvalue weighted by Gasteiger charge is -2.36. The van der Waals surface area contributed by atoms with Crippen molar-refractivity contribution >= 4 is 58.3 Å². The number of nitrogens with zero attached hydrogens (tertiary/aromatic N) is 1. The minimum Gasteiger partial charge on any atom is -0.382 e. The Bertz CT molecular complexity index is 2860. The molecule has 0 spiro atoms. The second kappa shape index (κ2) is 39.2. The molecule has 0 fully saturated rings. The van der Waals surface area contributed by atoms with Crippen LogP contribution in [0, 0.1) is 0 Å². The molecule has 0 aromatic heterocycles. The van der Waals surface area contributed by atoms with Crippen molar-refractivity contribution in [2.24, 2.45) is 0 Å². The van der Waals surface area contributed by atoms with Crippen LogP contribution in [0.15, 0.2) is 119 Å². The van der Waals surface area contributed by atoms with Crippen LogP contribution in [0.5, 0.6) is 0 Å². The van der Waals surface area contributed by atoms with E-state index >= 15 is 0 Å². The van der Waals surface area contributed by atoms with E-state index in [0.29, 0.717) is 163 Å². The van der Waals surface area contributed by atoms with Crippen LogP contribution in [0.2, 0.25) is 0 Å². The maximum absolute atomic E-state index is 12.7. The number of fused-ring (bicyclic) bond motifs is 4. The minimum absolute atomic E-state index is 0.189. The molecule has 474 valence electrons. The Morgan fingerprint density at radius 3 is 1.72 bits per heavy atom. The molecule has 0 saturated carbocycles. The summed E-state index contributed by atoms with van der Waals surface area (Å²) in [6.07, 6.45) is 13.4. The van der Waals surface area contributed by atoms with Gasteiger partial charge in [0, 0.05) is 74.0 Å². The van der Waals surface area contributed by atoms with Gasteiger partial charge >= 0.3 is 0 Å². The molecule has 0 bridgehead atoms. The highest BCUT2D eigenvalue weighted by Gasteiger charge is 2.44. The summed E-state index contributed by atoms with van der Waals surface area (Å²) >= 11 is 2.87. The third-order valence-electron chi connectivity index (χ3n) is 15.1. The highest BCUT2D eigenvalue weighted by molar-refractivity contribution is 8.29. The second-order valence-electron chi connectivity index (χ2n) is 21.0. The van der Waals surface area contributed by atoms with E-state index in [9.17, 15) is 17.5 Å². The molecule has 2 N–H and O–H groups in total. The molecule has 0 amide bonds. The van der Waals surface area contributed by atoms with Gasteiger partial charge in [0.15, 0.2) is 19.9 Å². The van der Waals surface area contributed by atoms with Crippen molar-refractivity contribution in [1.29, 1.82) is 0 Å². The summed E-state index contributed by atoms with van der Waals surface area (Å²) in [6, 6.07) is 19.0. The number of rotatable bonds is 47. The average Bonchev–Trinajstić information content (AvgIpc) is 1.75. The Kier molecular flexibility index (Phi) is 33.1. The van der Waals surface area contributed by atoms with Gasteiger partial charge in [-0.15, -0.1) is 0 Å². The summed E-state index contributed by atoms with van der Waals surface area (Å²) < 4.78 is 114. The monoisotopic (exact) mass is 1240 g/mol. The quantitative estimate of drug-likeness (QED) is 0.0241. The van der Waals surface area contributed by atoms with Crippen LogP contribution in [0.1, 0.15) is 82.9 Å². The fraction of sp³-hybridized carbons (Fsp3) is 0.569. The fourth-order valence-corrected chi connectivity index (χ4v) is 11.5. The van der Waals surface area contributed by atoms with Crippen molar-refractivity contribution in [3.8, 4) is 0 Å². The van der Waals surface area contributed by atoms with E-state index in [1.165, 1.54) is 5.56 Å². The predicted molar refractivity (Wildman–Crippen MR) is 341 cm³/mol. The molecular weight excluding hydrogens is 1150 g/mol. The lowest BCUT2D eigenvalue weighted by atomic mass is 9.68. The molecule has 0 aliphatic carbocycles. The van der Waals surface area contributed by atoms with E-state index in [4.69, 9.17) is 74.6 Å². The molecule has 1 aliphatic rings. The Morgan fingerprint density at radius 2 is 1.18 bits per heavy atom. The molecule has 85 heavy (non-hydrogen) atoms. The van der Waals surface area contributed by atoms with Crippen molar-refractivity contribution in [3.63, 3.8) is 0 Å². The molecule has 17 nitrogen and oxygen atoms in total. The molecule has 4 aromatic rings. The third-order valence-corrected chi connectivity index (χ3v) is 17.2. The van der Waals surface area contributed by atoms with E-state index in [-0.39, 0.29) is 10.8 Å². The van der Waals surface area contributed by atoms with Crippen molar-refractivity contribution in [3.05, 3.63) is 126 Å². The van der Waals surface area contributed by atoms with Gasteiger partial charge in [-0.25, -0.2) is 8.42 Å². The fourth-order valence-electron chi connectivity index (χ4n) is 10.3. The van der Waals surface area contributed by atoms with Gasteiger partial charge in [-0.3, -0.25) is 0 Å². The van der Waals surface area contributed by atoms with Crippen LogP contribution in [0.4, 0.5) is 5.69 Å². The maximum Gasteiger partial charge on any atom is 0.186 e. The largest absolute Gasteiger partial charge is 0.382 e. The first kappa shape index (κ1) is 71.9. The molecule has 20 heteroatoms. The molecule has 1 heterocycles. The highest BCUT2D eigenvalue weighted by Crippen LogP contribution is 2.53. The average molecular weight is 1240 g/mol. The number of hydrogen-bond donors (Lipinski definition) is 2. The van der Waals surface area contributed by atoms with Gasteiger partial charge in [-0.1, -0.05) is 88.9 Å². The minimum atomic E-state index is -3.62. The van der Waals surface area contributed by atoms with Gasteiger partial charge < -0.3 is 70.8 Å². The third kappa shape index (κ3) is 22.6. The highest BCUT2D eigenvalue weighted by atomic mass is 32.8. The molecule has 1 aliphatic heterocycles. The van der Waals surface area contributed by atoms with Crippen molar-refractivity contribution in [2.75, 3.05) is 171 Å². The van der Waals surface area contributed by atoms with Gasteiger partial charge in [0.1, 0.15) is 0 Å². The van der Waals surface area contributed by atoms with Crippen LogP contribution in [0.25, 0.3) is 21.5 Å². The Labute approximate surface area is 513 Å². The number of benzene rings is 4. The van der Waals surface area contributed by atoms with E-state index in [2.05, 4.69) is 69.9 Å². The number of anilines is 1. The van der Waals surface area contributed by atoms with Crippen LogP contribution in [-0.2, 0) is 98.7 Å².